The minimum atomic E-state index is -0.915. The van der Waals surface area contributed by atoms with Crippen LogP contribution in [0.15, 0.2) is 97.1 Å². The zero-order valence-corrected chi connectivity index (χ0v) is 38.5. The summed E-state index contributed by atoms with van der Waals surface area (Å²) < 4.78 is 14.9. The lowest BCUT2D eigenvalue weighted by Crippen LogP contribution is -2.27. The molecule has 63 heavy (non-hydrogen) atoms. The van der Waals surface area contributed by atoms with Crippen LogP contribution in [0, 0.1) is 25.7 Å². The number of esters is 3. The summed E-state index contributed by atoms with van der Waals surface area (Å²) in [5.41, 5.74) is 6.78. The molecule has 4 rings (SSSR count). The Morgan fingerprint density at radius 2 is 1.02 bits per heavy atom. The SMILES string of the molecule is CC(Cl)OC(=O)C(C)C.Cc1ccc(C=O)c(N(CCCC(=O)O)Cc2ccccc2)c1.Cc1ccc(C=O)c(N(CCCC(=O)OC(C)OC(=O)C(C)C)Cc2ccccc2)c1. The van der Waals surface area contributed by atoms with E-state index in [0.29, 0.717) is 50.1 Å². The number of aryl methyl sites for hydroxylation is 2. The number of alkyl halides is 1. The lowest BCUT2D eigenvalue weighted by atomic mass is 10.1. The van der Waals surface area contributed by atoms with Gasteiger partial charge in [-0.25, -0.2) is 0 Å². The van der Waals surface area contributed by atoms with Crippen molar-refractivity contribution < 1.29 is 48.1 Å². The second-order valence-electron chi connectivity index (χ2n) is 15.6. The van der Waals surface area contributed by atoms with E-state index >= 15 is 0 Å². The molecular weight excluding hydrogens is 824 g/mol. The van der Waals surface area contributed by atoms with Crippen LogP contribution in [0.4, 0.5) is 11.4 Å². The number of anilines is 2. The highest BCUT2D eigenvalue weighted by atomic mass is 35.5. The minimum Gasteiger partial charge on any atom is -0.481 e. The first-order valence-corrected chi connectivity index (χ1v) is 21.5. The summed E-state index contributed by atoms with van der Waals surface area (Å²) in [6.07, 6.45) is 2.15. The number of rotatable bonds is 21. The van der Waals surface area contributed by atoms with Gasteiger partial charge in [-0.05, 0) is 80.1 Å². The molecule has 0 spiro atoms. The van der Waals surface area contributed by atoms with Crippen molar-refractivity contribution in [3.05, 3.63) is 130 Å². The predicted octanol–water partition coefficient (Wildman–Crippen LogP) is 10.1. The van der Waals surface area contributed by atoms with Crippen molar-refractivity contribution in [2.45, 2.75) is 106 Å². The zero-order valence-electron chi connectivity index (χ0n) is 37.8. The maximum Gasteiger partial charge on any atom is 0.311 e. The second kappa shape index (κ2) is 28.6. The molecule has 0 aliphatic carbocycles. The Kier molecular flexibility index (Phi) is 24.1. The van der Waals surface area contributed by atoms with Crippen LogP contribution < -0.4 is 9.80 Å². The molecule has 0 fully saturated rings. The van der Waals surface area contributed by atoms with Gasteiger partial charge in [-0.2, -0.15) is 0 Å². The molecule has 2 atom stereocenters. The Hall–Kier alpha value is -6.01. The number of halogens is 1. The molecule has 0 aliphatic rings. The topological polar surface area (TPSA) is 157 Å². The summed E-state index contributed by atoms with van der Waals surface area (Å²) >= 11 is 5.37. The van der Waals surface area contributed by atoms with Gasteiger partial charge in [0.05, 0.1) is 11.8 Å². The molecule has 12 nitrogen and oxygen atoms in total. The van der Waals surface area contributed by atoms with Gasteiger partial charge in [0.2, 0.25) is 6.29 Å². The van der Waals surface area contributed by atoms with Crippen molar-refractivity contribution in [1.29, 1.82) is 0 Å². The van der Waals surface area contributed by atoms with Crippen LogP contribution in [0.25, 0.3) is 0 Å². The maximum absolute atomic E-state index is 12.2. The highest BCUT2D eigenvalue weighted by molar-refractivity contribution is 6.20. The van der Waals surface area contributed by atoms with E-state index in [1.807, 2.05) is 111 Å². The van der Waals surface area contributed by atoms with Gasteiger partial charge in [0.15, 0.2) is 18.1 Å². The summed E-state index contributed by atoms with van der Waals surface area (Å²) in [4.78, 5) is 72.3. The number of carbonyl (C=O) groups is 6. The Morgan fingerprint density at radius 3 is 1.38 bits per heavy atom. The highest BCUT2D eigenvalue weighted by Crippen LogP contribution is 2.25. The highest BCUT2D eigenvalue weighted by Gasteiger charge is 2.18. The maximum atomic E-state index is 12.2. The van der Waals surface area contributed by atoms with Crippen LogP contribution in [0.2, 0.25) is 0 Å². The van der Waals surface area contributed by atoms with Crippen molar-refractivity contribution in [3.63, 3.8) is 0 Å². The van der Waals surface area contributed by atoms with Gasteiger partial charge in [-0.3, -0.25) is 28.8 Å². The average Bonchev–Trinajstić information content (AvgIpc) is 3.23. The number of hydrogen-bond donors (Lipinski definition) is 1. The number of benzene rings is 4. The first-order valence-electron chi connectivity index (χ1n) is 21.1. The van der Waals surface area contributed by atoms with Gasteiger partial charge >= 0.3 is 23.9 Å². The Balaban J connectivity index is 0.000000373. The van der Waals surface area contributed by atoms with Gasteiger partial charge in [0.25, 0.3) is 0 Å². The third kappa shape index (κ3) is 21.1. The quantitative estimate of drug-likeness (QED) is 0.0366. The van der Waals surface area contributed by atoms with Crippen molar-refractivity contribution in [3.8, 4) is 0 Å². The smallest absolute Gasteiger partial charge is 0.311 e. The van der Waals surface area contributed by atoms with Crippen molar-refractivity contribution >= 4 is 59.4 Å². The Bertz CT molecular complexity index is 2040. The summed E-state index contributed by atoms with van der Waals surface area (Å²) in [5.74, 6) is -2.26. The van der Waals surface area contributed by atoms with Gasteiger partial charge in [-0.1, -0.05) is 112 Å². The normalized spacial score (nSPS) is 11.4. The monoisotopic (exact) mass is 886 g/mol. The van der Waals surface area contributed by atoms with E-state index in [9.17, 15) is 28.8 Å². The number of nitrogens with zero attached hydrogens (tertiary/aromatic N) is 2. The van der Waals surface area contributed by atoms with Gasteiger partial charge < -0.3 is 29.1 Å². The number of ether oxygens (including phenoxy) is 3. The summed E-state index contributed by atoms with van der Waals surface area (Å²) in [5, 5.41) is 8.86. The number of hydrogen-bond acceptors (Lipinski definition) is 11. The lowest BCUT2D eigenvalue weighted by molar-refractivity contribution is -0.186. The fraction of sp³-hybridized carbons (Fsp3) is 0.400. The summed E-state index contributed by atoms with van der Waals surface area (Å²) in [7, 11) is 0. The number of carboxylic acid groups (broad SMARTS) is 1. The summed E-state index contributed by atoms with van der Waals surface area (Å²) in [6.45, 7) is 16.5. The molecule has 4 aromatic rings. The first kappa shape index (κ1) is 53.1. The molecule has 0 aromatic heterocycles. The van der Waals surface area contributed by atoms with E-state index in [4.69, 9.17) is 26.2 Å². The molecule has 0 saturated heterocycles. The van der Waals surface area contributed by atoms with E-state index in [-0.39, 0.29) is 30.6 Å². The molecule has 0 amide bonds. The van der Waals surface area contributed by atoms with Crippen molar-refractivity contribution in [1.82, 2.24) is 0 Å². The van der Waals surface area contributed by atoms with Crippen LogP contribution in [0.5, 0.6) is 0 Å². The Labute approximate surface area is 377 Å². The van der Waals surface area contributed by atoms with Gasteiger partial charge in [-0.15, -0.1) is 0 Å². The molecule has 0 bridgehead atoms. The number of aldehydes is 2. The minimum absolute atomic E-state index is 0.0915. The van der Waals surface area contributed by atoms with Crippen molar-refractivity contribution in [2.75, 3.05) is 22.9 Å². The molecule has 13 heteroatoms. The van der Waals surface area contributed by atoms with Crippen LogP contribution in [-0.4, -0.2) is 66.5 Å². The molecule has 340 valence electrons. The van der Waals surface area contributed by atoms with Crippen LogP contribution in [0.3, 0.4) is 0 Å². The molecular formula is C50H63ClN2O10. The van der Waals surface area contributed by atoms with Crippen LogP contribution >= 0.6 is 11.6 Å². The average molecular weight is 888 g/mol. The van der Waals surface area contributed by atoms with Crippen LogP contribution in [0.1, 0.15) is 110 Å². The predicted molar refractivity (Wildman–Crippen MR) is 247 cm³/mol. The molecule has 0 heterocycles. The number of carboxylic acids is 1. The van der Waals surface area contributed by atoms with Crippen LogP contribution in [-0.2, 0) is 46.5 Å². The van der Waals surface area contributed by atoms with E-state index in [1.54, 1.807) is 34.6 Å². The van der Waals surface area contributed by atoms with E-state index in [1.165, 1.54) is 6.92 Å². The standard InChI is InChI=1S/C25H31NO5.C19H21NO3.C6H11ClO2/c1-18(2)25(29)31-20(4)30-24(28)11-8-14-26(16-21-9-6-5-7-10-21)23-15-19(3)12-13-22(23)17-27;1-15-9-10-17(14-21)18(12-15)20(11-5-8-19(22)23)13-16-6-3-2-4-7-16;1-4(2)6(8)9-5(3)7/h5-7,9-10,12-13,15,17-18,20H,8,11,14,16H2,1-4H3;2-4,6-7,9-10,12,14H,5,8,11,13H2,1H3,(H,22,23);4-5H,1-3H3. The van der Waals surface area contributed by atoms with E-state index < -0.39 is 29.8 Å². The first-order chi connectivity index (χ1) is 29.9. The number of carbonyl (C=O) groups excluding carboxylic acids is 5. The van der Waals surface area contributed by atoms with Gasteiger partial charge in [0, 0.05) is 68.4 Å². The Morgan fingerprint density at radius 1 is 0.603 bits per heavy atom. The lowest BCUT2D eigenvalue weighted by Gasteiger charge is -2.27. The zero-order chi connectivity index (χ0) is 46.9. The number of aliphatic carboxylic acids is 1. The third-order valence-corrected chi connectivity index (χ3v) is 9.26. The fourth-order valence-corrected chi connectivity index (χ4v) is 6.02. The van der Waals surface area contributed by atoms with Gasteiger partial charge in [0.1, 0.15) is 0 Å². The molecule has 0 radical (unpaired) electrons. The summed E-state index contributed by atoms with van der Waals surface area (Å²) in [6, 6.07) is 31.3. The van der Waals surface area contributed by atoms with E-state index in [2.05, 4.69) is 14.5 Å². The largest absolute Gasteiger partial charge is 0.481 e. The fourth-order valence-electron chi connectivity index (χ4n) is 5.93. The van der Waals surface area contributed by atoms with Crippen molar-refractivity contribution in [2.24, 2.45) is 11.8 Å². The molecule has 2 unspecified atom stereocenters. The van der Waals surface area contributed by atoms with E-state index in [0.717, 1.165) is 46.2 Å². The third-order valence-electron chi connectivity index (χ3n) is 9.17. The molecule has 0 saturated carbocycles. The second-order valence-corrected chi connectivity index (χ2v) is 16.2. The molecule has 4 aromatic carbocycles. The molecule has 1 N–H and O–H groups in total. The molecule has 0 aliphatic heterocycles.